The molecule has 0 unspecified atom stereocenters. The van der Waals surface area contributed by atoms with Gasteiger partial charge in [0.15, 0.2) is 0 Å². The molecular weight excluding hydrogens is 152 g/mol. The van der Waals surface area contributed by atoms with Crippen LogP contribution in [0.15, 0.2) is 24.3 Å². The predicted molar refractivity (Wildman–Crippen MR) is 26.9 cm³/mol. The fourth-order valence-electron chi connectivity index (χ4n) is 0.384. The second-order valence-electron chi connectivity index (χ2n) is 1.25. The van der Waals surface area contributed by atoms with Gasteiger partial charge in [0, 0.05) is 5.75 Å². The van der Waals surface area contributed by atoms with E-state index in [0.29, 0.717) is 0 Å². The smallest absolute Gasteiger partial charge is 0.534 e. The summed E-state index contributed by atoms with van der Waals surface area (Å²) < 4.78 is 0. The van der Waals surface area contributed by atoms with Crippen molar-refractivity contribution in [1.29, 1.82) is 0 Å². The van der Waals surface area contributed by atoms with E-state index in [0.717, 1.165) is 0 Å². The Bertz CT molecular complexity index is 138. The van der Waals surface area contributed by atoms with Gasteiger partial charge in [0.2, 0.25) is 0 Å². The number of aromatic hydroxyl groups is 1. The Morgan fingerprint density at radius 3 is 2.38 bits per heavy atom. The summed E-state index contributed by atoms with van der Waals surface area (Å²) in [6.07, 6.45) is 0. The predicted octanol–water partition coefficient (Wildman–Crippen LogP) is 1.19. The molecule has 0 spiro atoms. The van der Waals surface area contributed by atoms with Crippen LogP contribution in [0.1, 0.15) is 0 Å². The molecule has 1 rings (SSSR count). The van der Waals surface area contributed by atoms with Crippen molar-refractivity contribution >= 4 is 0 Å². The van der Waals surface area contributed by atoms with Crippen LogP contribution in [0.2, 0.25) is 0 Å². The van der Waals surface area contributed by atoms with Gasteiger partial charge in [0.1, 0.15) is 0 Å². The molecule has 1 aromatic rings. The Labute approximate surface area is 58.8 Å². The molecule has 0 amide bonds. The van der Waals surface area contributed by atoms with Crippen molar-refractivity contribution in [3.63, 3.8) is 0 Å². The van der Waals surface area contributed by atoms with Crippen molar-refractivity contribution in [3.8, 4) is 5.75 Å². The number of phenols is 1. The zero-order chi connectivity index (χ0) is 5.11. The van der Waals surface area contributed by atoms with Crippen LogP contribution in [0.3, 0.4) is 0 Å². The molecule has 0 fully saturated rings. The van der Waals surface area contributed by atoms with E-state index in [-0.39, 0.29) is 22.8 Å². The Balaban J connectivity index is 0.000000490. The van der Waals surface area contributed by atoms with Crippen LogP contribution in [-0.4, -0.2) is 5.11 Å². The molecule has 46 valence electrons. The second-order valence-corrected chi connectivity index (χ2v) is 1.25. The first kappa shape index (κ1) is 7.54. The SMILES string of the molecule is Oc1[c-]cccc1.[Cu+]. The molecule has 2 heteroatoms. The number of para-hydroxylation sites is 1. The van der Waals surface area contributed by atoms with E-state index in [1.54, 1.807) is 24.3 Å². The average molecular weight is 157 g/mol. The number of hydrogen-bond donors (Lipinski definition) is 1. The molecular formula is C6H5CuO. The number of hydrogen-bond acceptors (Lipinski definition) is 1. The molecule has 0 aromatic heterocycles. The third-order valence-corrected chi connectivity index (χ3v) is 0.693. The monoisotopic (exact) mass is 156 g/mol. The molecule has 0 aliphatic rings. The minimum absolute atomic E-state index is 0. The first-order valence-corrected chi connectivity index (χ1v) is 2.05. The van der Waals surface area contributed by atoms with Gasteiger partial charge in [-0.05, 0) is 0 Å². The molecule has 0 heterocycles. The first-order chi connectivity index (χ1) is 3.39. The standard InChI is InChI=1S/C6H5O.Cu/c7-6-4-2-1-3-5-6;/h1-4,7H;/q-1;+1. The van der Waals surface area contributed by atoms with Crippen molar-refractivity contribution in [2.24, 2.45) is 0 Å². The molecule has 1 N–H and O–H groups in total. The van der Waals surface area contributed by atoms with Crippen molar-refractivity contribution in [2.75, 3.05) is 0 Å². The van der Waals surface area contributed by atoms with E-state index < -0.39 is 0 Å². The molecule has 0 bridgehead atoms. The summed E-state index contributed by atoms with van der Waals surface area (Å²) in [5.41, 5.74) is 0. The molecule has 1 nitrogen and oxygen atoms in total. The Morgan fingerprint density at radius 1 is 1.38 bits per heavy atom. The Kier molecular flexibility index (Phi) is 3.33. The zero-order valence-electron chi connectivity index (χ0n) is 4.06. The first-order valence-electron chi connectivity index (χ1n) is 2.05. The largest absolute Gasteiger partial charge is 1.00 e. The maximum Gasteiger partial charge on any atom is 1.00 e. The number of phenolic OH excluding ortho intramolecular Hbond substituents is 1. The van der Waals surface area contributed by atoms with Crippen molar-refractivity contribution < 1.29 is 22.2 Å². The molecule has 0 saturated carbocycles. The average Bonchev–Trinajstić information content (AvgIpc) is 1.69. The molecule has 0 atom stereocenters. The van der Waals surface area contributed by atoms with Gasteiger partial charge in [-0.1, -0.05) is 0 Å². The summed E-state index contributed by atoms with van der Waals surface area (Å²) in [7, 11) is 0. The van der Waals surface area contributed by atoms with E-state index in [4.69, 9.17) is 5.11 Å². The van der Waals surface area contributed by atoms with Crippen LogP contribution >= 0.6 is 0 Å². The summed E-state index contributed by atoms with van der Waals surface area (Å²) in [6, 6.07) is 9.39. The van der Waals surface area contributed by atoms with Crippen molar-refractivity contribution in [2.45, 2.75) is 0 Å². The van der Waals surface area contributed by atoms with Crippen LogP contribution in [0.5, 0.6) is 5.75 Å². The minimum Gasteiger partial charge on any atom is -0.534 e. The maximum absolute atomic E-state index is 8.58. The summed E-state index contributed by atoms with van der Waals surface area (Å²) in [6.45, 7) is 0. The van der Waals surface area contributed by atoms with E-state index in [1.165, 1.54) is 0 Å². The molecule has 0 aliphatic carbocycles. The van der Waals surface area contributed by atoms with Gasteiger partial charge in [-0.3, -0.25) is 0 Å². The number of rotatable bonds is 0. The van der Waals surface area contributed by atoms with Crippen LogP contribution in [0, 0.1) is 6.07 Å². The van der Waals surface area contributed by atoms with Crippen LogP contribution < -0.4 is 0 Å². The fraction of sp³-hybridized carbons (Fsp3) is 0. The molecule has 0 saturated heterocycles. The van der Waals surface area contributed by atoms with Crippen LogP contribution in [0.25, 0.3) is 0 Å². The summed E-state index contributed by atoms with van der Waals surface area (Å²) >= 11 is 0. The Morgan fingerprint density at radius 2 is 2.12 bits per heavy atom. The van der Waals surface area contributed by atoms with E-state index in [9.17, 15) is 0 Å². The van der Waals surface area contributed by atoms with E-state index in [2.05, 4.69) is 6.07 Å². The summed E-state index contributed by atoms with van der Waals surface area (Å²) in [5.74, 6) is 0.197. The van der Waals surface area contributed by atoms with Gasteiger partial charge < -0.3 is 5.11 Å². The molecule has 0 aliphatic heterocycles. The van der Waals surface area contributed by atoms with E-state index in [1.807, 2.05) is 0 Å². The van der Waals surface area contributed by atoms with Gasteiger partial charge in [-0.2, -0.15) is 18.2 Å². The topological polar surface area (TPSA) is 20.2 Å². The van der Waals surface area contributed by atoms with Gasteiger partial charge >= 0.3 is 17.1 Å². The van der Waals surface area contributed by atoms with Crippen LogP contribution in [0.4, 0.5) is 0 Å². The zero-order valence-corrected chi connectivity index (χ0v) is 5.00. The van der Waals surface area contributed by atoms with Crippen LogP contribution in [-0.2, 0) is 17.1 Å². The van der Waals surface area contributed by atoms with Gasteiger partial charge in [0.05, 0.1) is 0 Å². The minimum atomic E-state index is 0. The number of benzene rings is 1. The normalized spacial score (nSPS) is 7.50. The quantitative estimate of drug-likeness (QED) is 0.442. The van der Waals surface area contributed by atoms with Crippen molar-refractivity contribution in [3.05, 3.63) is 30.3 Å². The van der Waals surface area contributed by atoms with E-state index >= 15 is 0 Å². The maximum atomic E-state index is 8.58. The van der Waals surface area contributed by atoms with Gasteiger partial charge in [-0.25, -0.2) is 0 Å². The fourth-order valence-corrected chi connectivity index (χ4v) is 0.384. The third kappa shape index (κ3) is 2.01. The van der Waals surface area contributed by atoms with Crippen molar-refractivity contribution in [1.82, 2.24) is 0 Å². The Hall–Kier alpha value is -0.461. The second kappa shape index (κ2) is 3.53. The summed E-state index contributed by atoms with van der Waals surface area (Å²) in [4.78, 5) is 0. The molecule has 8 heavy (non-hydrogen) atoms. The molecule has 0 radical (unpaired) electrons. The van der Waals surface area contributed by atoms with Gasteiger partial charge in [-0.15, -0.1) is 12.1 Å². The molecule has 1 aromatic carbocycles. The van der Waals surface area contributed by atoms with Gasteiger partial charge in [0.25, 0.3) is 0 Å². The third-order valence-electron chi connectivity index (χ3n) is 0.693. The summed E-state index contributed by atoms with van der Waals surface area (Å²) in [5, 5.41) is 8.58.